The van der Waals surface area contributed by atoms with Crippen molar-refractivity contribution in [2.45, 2.75) is 33.1 Å². The van der Waals surface area contributed by atoms with Crippen molar-refractivity contribution >= 4 is 69.5 Å². The van der Waals surface area contributed by atoms with Crippen LogP contribution in [0.4, 0.5) is 0 Å². The largest absolute Gasteiger partial charge is 0.456 e. The van der Waals surface area contributed by atoms with Crippen LogP contribution in [0, 0.1) is 13.8 Å². The van der Waals surface area contributed by atoms with E-state index in [4.69, 9.17) is 9.72 Å². The van der Waals surface area contributed by atoms with Gasteiger partial charge in [0.05, 0.1) is 11.0 Å². The van der Waals surface area contributed by atoms with Gasteiger partial charge in [-0.3, -0.25) is 0 Å². The monoisotopic (exact) mass is 785 g/mol. The van der Waals surface area contributed by atoms with E-state index in [1.54, 1.807) is 0 Å². The van der Waals surface area contributed by atoms with Crippen LogP contribution in [-0.2, 0) is 5.41 Å². The second kappa shape index (κ2) is 16.2. The van der Waals surface area contributed by atoms with Gasteiger partial charge in [0, 0.05) is 37.9 Å². The Morgan fingerprint density at radius 2 is 0.810 bits per heavy atom. The Morgan fingerprint density at radius 1 is 0.397 bits per heavy atom. The van der Waals surface area contributed by atoms with E-state index < -0.39 is 15.8 Å². The molecular weight excluding hydrogens is 741 g/mol. The summed E-state index contributed by atoms with van der Waals surface area (Å²) in [6, 6.07) is 71.7. The zero-order chi connectivity index (χ0) is 39.6. The summed E-state index contributed by atoms with van der Waals surface area (Å²) in [6.07, 6.45) is 0. The van der Waals surface area contributed by atoms with E-state index in [2.05, 4.69) is 228 Å². The predicted molar refractivity (Wildman–Crippen MR) is 251 cm³/mol. The Morgan fingerprint density at radius 3 is 1.36 bits per heavy atom. The number of aryl methyl sites for hydroxylation is 2. The van der Waals surface area contributed by atoms with Gasteiger partial charge in [0.25, 0.3) is 0 Å². The molecule has 1 aromatic heterocycles. The molecule has 282 valence electrons. The number of para-hydroxylation sites is 4. The Balaban J connectivity index is 0.000000151. The van der Waals surface area contributed by atoms with Gasteiger partial charge in [-0.15, -0.1) is 0 Å². The molecule has 0 amide bonds. The molecule has 58 heavy (non-hydrogen) atoms. The van der Waals surface area contributed by atoms with Crippen LogP contribution in [0.1, 0.15) is 36.1 Å². The standard InChI is InChI=1S/C28H25OP.C26H20NP/c1-20-12-10-17-23-26(20)29-27-24(28(23,2)3)18-11-19-25(27)30(21-13-6-4-7-14-21)22-15-8-5-9-16-22;1-19-10-8-11-20-18-21-12-9-17-24(26(21)27-25(19)20)28(22-13-4-2-5-14-22)23-15-6-3-7-16-23/h4-19H,1-3H3;2-18H,1H3. The number of benzene rings is 8. The maximum Gasteiger partial charge on any atom is 0.139 e. The molecule has 1 aliphatic rings. The third kappa shape index (κ3) is 7.13. The summed E-state index contributed by atoms with van der Waals surface area (Å²) >= 11 is 0. The number of nitrogens with zero attached hydrogens (tertiary/aromatic N) is 1. The minimum Gasteiger partial charge on any atom is -0.456 e. The molecule has 0 unspecified atom stereocenters. The normalized spacial score (nSPS) is 12.7. The molecule has 0 atom stereocenters. The summed E-state index contributed by atoms with van der Waals surface area (Å²) in [5.74, 6) is 2.04. The Bertz CT molecular complexity index is 2780. The minimum absolute atomic E-state index is 0.112. The first kappa shape index (κ1) is 37.7. The molecule has 8 aromatic carbocycles. The highest BCUT2D eigenvalue weighted by atomic mass is 31.1. The first-order chi connectivity index (χ1) is 28.4. The number of fused-ring (bicyclic) bond motifs is 4. The molecule has 1 aliphatic heterocycles. The number of aromatic nitrogens is 1. The second-order valence-electron chi connectivity index (χ2n) is 15.3. The highest BCUT2D eigenvalue weighted by Crippen LogP contribution is 2.51. The Kier molecular flexibility index (Phi) is 10.5. The van der Waals surface area contributed by atoms with E-state index in [1.807, 2.05) is 0 Å². The number of hydrogen-bond donors (Lipinski definition) is 0. The first-order valence-electron chi connectivity index (χ1n) is 19.9. The molecule has 4 heteroatoms. The molecule has 0 bridgehead atoms. The lowest BCUT2D eigenvalue weighted by atomic mass is 9.75. The van der Waals surface area contributed by atoms with Crippen molar-refractivity contribution in [1.29, 1.82) is 0 Å². The van der Waals surface area contributed by atoms with Gasteiger partial charge in [0.15, 0.2) is 0 Å². The highest BCUT2D eigenvalue weighted by molar-refractivity contribution is 7.80. The van der Waals surface area contributed by atoms with E-state index in [1.165, 1.54) is 64.9 Å². The molecule has 0 aliphatic carbocycles. The lowest BCUT2D eigenvalue weighted by Gasteiger charge is -2.37. The summed E-state index contributed by atoms with van der Waals surface area (Å²) in [6.45, 7) is 8.90. The number of ether oxygens (including phenoxy) is 1. The summed E-state index contributed by atoms with van der Waals surface area (Å²) in [4.78, 5) is 5.17. The molecule has 0 saturated carbocycles. The van der Waals surface area contributed by atoms with Gasteiger partial charge in [-0.25, -0.2) is 4.98 Å². The zero-order valence-corrected chi connectivity index (χ0v) is 35.1. The maximum atomic E-state index is 6.72. The minimum atomic E-state index is -0.726. The molecule has 0 spiro atoms. The van der Waals surface area contributed by atoms with Gasteiger partial charge in [-0.05, 0) is 68.1 Å². The van der Waals surface area contributed by atoms with Crippen LogP contribution in [-0.4, -0.2) is 4.98 Å². The molecule has 10 rings (SSSR count). The van der Waals surface area contributed by atoms with Crippen molar-refractivity contribution in [2.75, 3.05) is 0 Å². The summed E-state index contributed by atoms with van der Waals surface area (Å²) in [5.41, 5.74) is 7.03. The van der Waals surface area contributed by atoms with Gasteiger partial charge in [0.2, 0.25) is 0 Å². The fraction of sp³-hybridized carbons (Fsp3) is 0.0926. The van der Waals surface area contributed by atoms with Gasteiger partial charge >= 0.3 is 0 Å². The van der Waals surface area contributed by atoms with Crippen molar-refractivity contribution in [3.8, 4) is 11.5 Å². The van der Waals surface area contributed by atoms with Crippen LogP contribution < -0.4 is 36.6 Å². The smallest absolute Gasteiger partial charge is 0.139 e. The van der Waals surface area contributed by atoms with Crippen molar-refractivity contribution in [1.82, 2.24) is 4.98 Å². The Hall–Kier alpha value is -5.91. The number of pyridine rings is 1. The average molecular weight is 786 g/mol. The van der Waals surface area contributed by atoms with Gasteiger partial charge in [-0.2, -0.15) is 0 Å². The van der Waals surface area contributed by atoms with E-state index in [9.17, 15) is 0 Å². The van der Waals surface area contributed by atoms with Gasteiger partial charge in [-0.1, -0.05) is 208 Å². The number of rotatable bonds is 6. The summed E-state index contributed by atoms with van der Waals surface area (Å²) in [7, 11) is -1.40. The third-order valence-corrected chi connectivity index (χ3v) is 16.1. The quantitative estimate of drug-likeness (QED) is 0.124. The van der Waals surface area contributed by atoms with Gasteiger partial charge in [0.1, 0.15) is 11.5 Å². The molecular formula is C54H45NOP2. The molecule has 0 fully saturated rings. The summed E-state index contributed by atoms with van der Waals surface area (Å²) in [5, 5.41) is 10.4. The van der Waals surface area contributed by atoms with Crippen LogP contribution >= 0.6 is 15.8 Å². The molecule has 2 heterocycles. The lowest BCUT2D eigenvalue weighted by molar-refractivity contribution is 0.418. The lowest BCUT2D eigenvalue weighted by Crippen LogP contribution is -2.30. The van der Waals surface area contributed by atoms with Crippen LogP contribution in [0.25, 0.3) is 21.8 Å². The molecule has 0 saturated heterocycles. The molecule has 0 N–H and O–H groups in total. The summed E-state index contributed by atoms with van der Waals surface area (Å²) < 4.78 is 6.72. The van der Waals surface area contributed by atoms with Crippen LogP contribution in [0.5, 0.6) is 11.5 Å². The fourth-order valence-corrected chi connectivity index (χ4v) is 13.0. The van der Waals surface area contributed by atoms with Crippen LogP contribution in [0.3, 0.4) is 0 Å². The highest BCUT2D eigenvalue weighted by Gasteiger charge is 2.37. The predicted octanol–water partition coefficient (Wildman–Crippen LogP) is 11.6. The topological polar surface area (TPSA) is 22.1 Å². The van der Waals surface area contributed by atoms with E-state index >= 15 is 0 Å². The first-order valence-corrected chi connectivity index (χ1v) is 22.6. The molecule has 9 aromatic rings. The number of hydrogen-bond acceptors (Lipinski definition) is 2. The third-order valence-electron chi connectivity index (χ3n) is 11.1. The average Bonchev–Trinajstić information content (AvgIpc) is 3.26. The molecule has 0 radical (unpaired) electrons. The van der Waals surface area contributed by atoms with Crippen molar-refractivity contribution in [3.63, 3.8) is 0 Å². The van der Waals surface area contributed by atoms with Gasteiger partial charge < -0.3 is 4.74 Å². The van der Waals surface area contributed by atoms with Crippen molar-refractivity contribution in [3.05, 3.63) is 222 Å². The van der Waals surface area contributed by atoms with Crippen molar-refractivity contribution < 1.29 is 4.74 Å². The Labute approximate surface area is 344 Å². The second-order valence-corrected chi connectivity index (χ2v) is 19.7. The fourth-order valence-electron chi connectivity index (χ4n) is 8.19. The SMILES string of the molecule is Cc1cccc2c1Oc1c(P(c3ccccc3)c3ccccc3)cccc1C2(C)C.Cc1cccc2cc3cccc(P(c4ccccc4)c4ccccc4)c3nc12. The zero-order valence-electron chi connectivity index (χ0n) is 33.3. The van der Waals surface area contributed by atoms with E-state index in [-0.39, 0.29) is 5.41 Å². The van der Waals surface area contributed by atoms with E-state index in [0.29, 0.717) is 0 Å². The van der Waals surface area contributed by atoms with E-state index in [0.717, 1.165) is 22.5 Å². The van der Waals surface area contributed by atoms with Crippen molar-refractivity contribution in [2.24, 2.45) is 0 Å². The molecule has 2 nitrogen and oxygen atoms in total. The maximum absolute atomic E-state index is 6.72. The van der Waals surface area contributed by atoms with Crippen LogP contribution in [0.2, 0.25) is 0 Å². The van der Waals surface area contributed by atoms with Crippen LogP contribution in [0.15, 0.2) is 200 Å².